The maximum absolute atomic E-state index is 5.98. The van der Waals surface area contributed by atoms with Gasteiger partial charge in [-0.25, -0.2) is 0 Å². The van der Waals surface area contributed by atoms with Gasteiger partial charge >= 0.3 is 0 Å². The van der Waals surface area contributed by atoms with Crippen molar-refractivity contribution in [1.29, 1.82) is 0 Å². The molecule has 0 aliphatic rings. The third-order valence-electron chi connectivity index (χ3n) is 1.66. The van der Waals surface area contributed by atoms with E-state index in [4.69, 9.17) is 23.2 Å². The Labute approximate surface area is 85.9 Å². The van der Waals surface area contributed by atoms with Gasteiger partial charge in [0.2, 0.25) is 0 Å². The molecule has 0 fully saturated rings. The van der Waals surface area contributed by atoms with Gasteiger partial charge in [0.25, 0.3) is 0 Å². The number of allylic oxidation sites excluding steroid dienone is 2. The van der Waals surface area contributed by atoms with Crippen molar-refractivity contribution < 1.29 is 0 Å². The van der Waals surface area contributed by atoms with Gasteiger partial charge < -0.3 is 0 Å². The third kappa shape index (κ3) is 7.00. The van der Waals surface area contributed by atoms with E-state index in [1.165, 1.54) is 0 Å². The standard InChI is InChI=1S/C10H18Cl2/c1-3-5-9(11)7-8-10(12)6-4-2/h7-10H,3-6H2,1-2H3. The summed E-state index contributed by atoms with van der Waals surface area (Å²) >= 11 is 12.0. The summed E-state index contributed by atoms with van der Waals surface area (Å²) in [6.07, 6.45) is 8.34. The average Bonchev–Trinajstić information content (AvgIpc) is 2.02. The average molecular weight is 209 g/mol. The number of halogens is 2. The number of alkyl halides is 2. The van der Waals surface area contributed by atoms with E-state index in [0.717, 1.165) is 25.7 Å². The van der Waals surface area contributed by atoms with Crippen LogP contribution >= 0.6 is 23.2 Å². The molecule has 72 valence electrons. The van der Waals surface area contributed by atoms with Gasteiger partial charge in [-0.05, 0) is 12.8 Å². The molecule has 0 aromatic carbocycles. The second-order valence-electron chi connectivity index (χ2n) is 2.99. The van der Waals surface area contributed by atoms with Gasteiger partial charge in [-0.1, -0.05) is 38.8 Å². The Morgan fingerprint density at radius 1 is 0.917 bits per heavy atom. The maximum Gasteiger partial charge on any atom is 0.0516 e. The molecule has 0 saturated carbocycles. The van der Waals surface area contributed by atoms with Crippen LogP contribution in [0.4, 0.5) is 0 Å². The van der Waals surface area contributed by atoms with Crippen molar-refractivity contribution in [3.63, 3.8) is 0 Å². The second kappa shape index (κ2) is 7.94. The van der Waals surface area contributed by atoms with E-state index in [-0.39, 0.29) is 10.8 Å². The van der Waals surface area contributed by atoms with Gasteiger partial charge in [0, 0.05) is 0 Å². The molecule has 0 N–H and O–H groups in total. The highest BCUT2D eigenvalue weighted by Crippen LogP contribution is 2.11. The van der Waals surface area contributed by atoms with Crippen molar-refractivity contribution in [3.05, 3.63) is 12.2 Å². The topological polar surface area (TPSA) is 0 Å². The van der Waals surface area contributed by atoms with Gasteiger partial charge in [-0.3, -0.25) is 0 Å². The molecule has 0 aliphatic heterocycles. The fraction of sp³-hybridized carbons (Fsp3) is 0.800. The van der Waals surface area contributed by atoms with Crippen LogP contribution in [-0.4, -0.2) is 10.8 Å². The molecule has 12 heavy (non-hydrogen) atoms. The molecule has 2 heteroatoms. The summed E-state index contributed by atoms with van der Waals surface area (Å²) in [5.41, 5.74) is 0. The molecule has 0 saturated heterocycles. The fourth-order valence-corrected chi connectivity index (χ4v) is 1.59. The van der Waals surface area contributed by atoms with E-state index in [1.807, 2.05) is 12.2 Å². The van der Waals surface area contributed by atoms with Crippen molar-refractivity contribution in [2.75, 3.05) is 0 Å². The van der Waals surface area contributed by atoms with E-state index in [1.54, 1.807) is 0 Å². The summed E-state index contributed by atoms with van der Waals surface area (Å²) in [6, 6.07) is 0. The zero-order chi connectivity index (χ0) is 9.40. The molecule has 2 atom stereocenters. The molecular weight excluding hydrogens is 191 g/mol. The van der Waals surface area contributed by atoms with Gasteiger partial charge in [-0.2, -0.15) is 0 Å². The van der Waals surface area contributed by atoms with Crippen LogP contribution < -0.4 is 0 Å². The lowest BCUT2D eigenvalue weighted by Crippen LogP contribution is -1.96. The van der Waals surface area contributed by atoms with Crippen LogP contribution in [0.15, 0.2) is 12.2 Å². The lowest BCUT2D eigenvalue weighted by Gasteiger charge is -2.03. The Morgan fingerprint density at radius 2 is 1.25 bits per heavy atom. The Balaban J connectivity index is 3.57. The highest BCUT2D eigenvalue weighted by atomic mass is 35.5. The van der Waals surface area contributed by atoms with Crippen LogP contribution in [0.25, 0.3) is 0 Å². The summed E-state index contributed by atoms with van der Waals surface area (Å²) in [5.74, 6) is 0. The van der Waals surface area contributed by atoms with Gasteiger partial charge in [0.15, 0.2) is 0 Å². The van der Waals surface area contributed by atoms with Crippen LogP contribution in [0.2, 0.25) is 0 Å². The third-order valence-corrected chi connectivity index (χ3v) is 2.39. The SMILES string of the molecule is CCCC(Cl)C=CC(Cl)CCC. The Hall–Kier alpha value is 0.320. The minimum Gasteiger partial charge on any atom is -0.118 e. The van der Waals surface area contributed by atoms with Crippen LogP contribution in [0.1, 0.15) is 39.5 Å². The zero-order valence-electron chi connectivity index (χ0n) is 7.89. The highest BCUT2D eigenvalue weighted by molar-refractivity contribution is 6.23. The Bertz CT molecular complexity index is 107. The van der Waals surface area contributed by atoms with Gasteiger partial charge in [-0.15, -0.1) is 23.2 Å². The molecule has 0 nitrogen and oxygen atoms in total. The summed E-state index contributed by atoms with van der Waals surface area (Å²) in [5, 5.41) is 0.321. The first kappa shape index (κ1) is 12.3. The molecule has 2 unspecified atom stereocenters. The van der Waals surface area contributed by atoms with Crippen molar-refractivity contribution in [3.8, 4) is 0 Å². The monoisotopic (exact) mass is 208 g/mol. The predicted molar refractivity (Wildman–Crippen MR) is 58.2 cm³/mol. The van der Waals surface area contributed by atoms with Crippen molar-refractivity contribution in [2.45, 2.75) is 50.3 Å². The van der Waals surface area contributed by atoms with Crippen LogP contribution in [0.5, 0.6) is 0 Å². The number of rotatable bonds is 6. The van der Waals surface area contributed by atoms with Crippen LogP contribution in [-0.2, 0) is 0 Å². The molecule has 0 amide bonds. The highest BCUT2D eigenvalue weighted by Gasteiger charge is 2.00. The normalized spacial score (nSPS) is 16.7. The van der Waals surface area contributed by atoms with Crippen LogP contribution in [0, 0.1) is 0 Å². The largest absolute Gasteiger partial charge is 0.118 e. The van der Waals surface area contributed by atoms with E-state index in [0.29, 0.717) is 0 Å². The molecule has 0 aliphatic carbocycles. The lowest BCUT2D eigenvalue weighted by molar-refractivity contribution is 0.800. The van der Waals surface area contributed by atoms with Crippen molar-refractivity contribution >= 4 is 23.2 Å². The quantitative estimate of drug-likeness (QED) is 0.450. The minimum atomic E-state index is 0.160. The first-order valence-corrected chi connectivity index (χ1v) is 5.54. The zero-order valence-corrected chi connectivity index (χ0v) is 9.41. The molecule has 0 bridgehead atoms. The summed E-state index contributed by atoms with van der Waals surface area (Å²) < 4.78 is 0. The smallest absolute Gasteiger partial charge is 0.0516 e. The second-order valence-corrected chi connectivity index (χ2v) is 4.12. The lowest BCUT2D eigenvalue weighted by atomic mass is 10.2. The maximum atomic E-state index is 5.98. The first-order valence-electron chi connectivity index (χ1n) is 4.67. The Morgan fingerprint density at radius 3 is 1.50 bits per heavy atom. The van der Waals surface area contributed by atoms with Crippen LogP contribution in [0.3, 0.4) is 0 Å². The number of hydrogen-bond acceptors (Lipinski definition) is 0. The number of hydrogen-bond donors (Lipinski definition) is 0. The van der Waals surface area contributed by atoms with Gasteiger partial charge in [0.1, 0.15) is 0 Å². The molecule has 0 spiro atoms. The van der Waals surface area contributed by atoms with Crippen molar-refractivity contribution in [2.24, 2.45) is 0 Å². The summed E-state index contributed by atoms with van der Waals surface area (Å²) in [4.78, 5) is 0. The van der Waals surface area contributed by atoms with E-state index < -0.39 is 0 Å². The minimum absolute atomic E-state index is 0.160. The molecule has 0 rings (SSSR count). The summed E-state index contributed by atoms with van der Waals surface area (Å²) in [6.45, 7) is 4.26. The van der Waals surface area contributed by atoms with E-state index in [9.17, 15) is 0 Å². The van der Waals surface area contributed by atoms with E-state index >= 15 is 0 Å². The molecule has 0 aromatic rings. The first-order chi connectivity index (χ1) is 5.70. The van der Waals surface area contributed by atoms with E-state index in [2.05, 4.69) is 13.8 Å². The molecule has 0 radical (unpaired) electrons. The fourth-order valence-electron chi connectivity index (χ4n) is 0.985. The molecule has 0 aromatic heterocycles. The predicted octanol–water partition coefficient (Wildman–Crippen LogP) is 4.36. The van der Waals surface area contributed by atoms with Crippen molar-refractivity contribution in [1.82, 2.24) is 0 Å². The molecular formula is C10H18Cl2. The van der Waals surface area contributed by atoms with Gasteiger partial charge in [0.05, 0.1) is 10.8 Å². The summed E-state index contributed by atoms with van der Waals surface area (Å²) in [7, 11) is 0. The molecule has 0 heterocycles. The Kier molecular flexibility index (Phi) is 8.15.